The van der Waals surface area contributed by atoms with Gasteiger partial charge < -0.3 is 4.90 Å². The van der Waals surface area contributed by atoms with Crippen molar-refractivity contribution in [1.29, 1.82) is 5.26 Å². The van der Waals surface area contributed by atoms with E-state index in [1.165, 1.54) is 23.5 Å². The van der Waals surface area contributed by atoms with Gasteiger partial charge in [-0.25, -0.2) is 0 Å². The Hall–Kier alpha value is -3.87. The summed E-state index contributed by atoms with van der Waals surface area (Å²) in [6.45, 7) is 2.02. The zero-order chi connectivity index (χ0) is 24.4. The summed E-state index contributed by atoms with van der Waals surface area (Å²) < 4.78 is 1.94. The van der Waals surface area contributed by atoms with Gasteiger partial charge in [-0.2, -0.15) is 5.26 Å². The van der Waals surface area contributed by atoms with Gasteiger partial charge in [0.25, 0.3) is 0 Å². The highest BCUT2D eigenvalue weighted by molar-refractivity contribution is 8.03. The highest BCUT2D eigenvalue weighted by atomic mass is 32.2. The lowest BCUT2D eigenvalue weighted by atomic mass is 10.2. The first kappa shape index (κ1) is 22.9. The van der Waals surface area contributed by atoms with Crippen LogP contribution >= 0.6 is 23.5 Å². The van der Waals surface area contributed by atoms with E-state index in [9.17, 15) is 10.1 Å². The number of allylic oxidation sites excluding steroid dienone is 1. The predicted molar refractivity (Wildman–Crippen MR) is 138 cm³/mol. The highest BCUT2D eigenvalue weighted by Gasteiger charge is 2.28. The number of aryl methyl sites for hydroxylation is 1. The second-order valence-electron chi connectivity index (χ2n) is 7.80. The molecule has 0 radical (unpaired) electrons. The van der Waals surface area contributed by atoms with Crippen LogP contribution in [0, 0.1) is 18.3 Å². The summed E-state index contributed by atoms with van der Waals surface area (Å²) in [5, 5.41) is 19.9. The second kappa shape index (κ2) is 9.78. The van der Waals surface area contributed by atoms with Crippen molar-refractivity contribution in [1.82, 2.24) is 19.7 Å². The fourth-order valence-electron chi connectivity index (χ4n) is 3.83. The van der Waals surface area contributed by atoms with Gasteiger partial charge in [0, 0.05) is 29.9 Å². The maximum Gasteiger partial charge on any atom is 0.196 e. The van der Waals surface area contributed by atoms with Gasteiger partial charge in [0.1, 0.15) is 16.7 Å². The topological polar surface area (TPSA) is 87.7 Å². The van der Waals surface area contributed by atoms with Crippen molar-refractivity contribution in [3.8, 4) is 23.1 Å². The minimum Gasteiger partial charge on any atom is -0.337 e. The molecule has 2 aromatic carbocycles. The molecule has 0 unspecified atom stereocenters. The smallest absolute Gasteiger partial charge is 0.196 e. The molecule has 0 bridgehead atoms. The van der Waals surface area contributed by atoms with Crippen molar-refractivity contribution < 1.29 is 4.79 Å². The van der Waals surface area contributed by atoms with E-state index in [4.69, 9.17) is 0 Å². The fraction of sp³-hybridized carbons (Fsp3) is 0.115. The molecule has 0 N–H and O–H groups in total. The van der Waals surface area contributed by atoms with Gasteiger partial charge in [0.2, 0.25) is 0 Å². The molecule has 172 valence electrons. The summed E-state index contributed by atoms with van der Waals surface area (Å²) in [5.41, 5.74) is 3.93. The number of rotatable bonds is 6. The number of hydrogen-bond acceptors (Lipinski definition) is 8. The molecule has 0 atom stereocenters. The van der Waals surface area contributed by atoms with Gasteiger partial charge >= 0.3 is 0 Å². The second-order valence-corrected chi connectivity index (χ2v) is 9.78. The number of benzene rings is 2. The Labute approximate surface area is 211 Å². The Balaban J connectivity index is 1.46. The van der Waals surface area contributed by atoms with E-state index in [-0.39, 0.29) is 17.1 Å². The molecule has 9 heteroatoms. The number of fused-ring (bicyclic) bond motifs is 1. The Kier molecular flexibility index (Phi) is 6.40. The number of nitriles is 1. The summed E-state index contributed by atoms with van der Waals surface area (Å²) in [7, 11) is 1.88. The van der Waals surface area contributed by atoms with Crippen LogP contribution in [0.4, 0.5) is 5.69 Å². The van der Waals surface area contributed by atoms with Crippen LogP contribution in [0.15, 0.2) is 93.7 Å². The number of thioether (sulfide) groups is 2. The number of hydrogen-bond donors (Lipinski definition) is 0. The van der Waals surface area contributed by atoms with E-state index in [1.54, 1.807) is 12.4 Å². The third-order valence-electron chi connectivity index (χ3n) is 5.58. The lowest BCUT2D eigenvalue weighted by Gasteiger charge is -2.15. The van der Waals surface area contributed by atoms with E-state index < -0.39 is 0 Å². The average Bonchev–Trinajstić information content (AvgIpc) is 3.45. The molecule has 1 aliphatic heterocycles. The predicted octanol–water partition coefficient (Wildman–Crippen LogP) is 5.28. The number of carbonyl (C=O) groups excluding carboxylic acids is 1. The van der Waals surface area contributed by atoms with Crippen molar-refractivity contribution in [2.24, 2.45) is 0 Å². The lowest BCUT2D eigenvalue weighted by molar-refractivity contribution is -0.112. The maximum atomic E-state index is 13.2. The van der Waals surface area contributed by atoms with Crippen LogP contribution in [-0.4, -0.2) is 38.3 Å². The third kappa shape index (κ3) is 4.34. The monoisotopic (exact) mass is 496 g/mol. The molecule has 0 saturated heterocycles. The Morgan fingerprint density at radius 2 is 1.83 bits per heavy atom. The quantitative estimate of drug-likeness (QED) is 0.203. The van der Waals surface area contributed by atoms with Gasteiger partial charge in [-0.15, -0.1) is 10.2 Å². The van der Waals surface area contributed by atoms with Crippen molar-refractivity contribution in [2.75, 3.05) is 17.7 Å². The summed E-state index contributed by atoms with van der Waals surface area (Å²) in [5.74, 6) is 0.457. The van der Waals surface area contributed by atoms with E-state index in [1.807, 2.05) is 84.1 Å². The molecule has 1 aliphatic rings. The van der Waals surface area contributed by atoms with Crippen LogP contribution < -0.4 is 4.90 Å². The Morgan fingerprint density at radius 1 is 1.06 bits per heavy atom. The first-order chi connectivity index (χ1) is 17.1. The molecule has 0 aliphatic carbocycles. The number of nitrogens with zero attached hydrogens (tertiary/aromatic N) is 6. The molecular weight excluding hydrogens is 476 g/mol. The van der Waals surface area contributed by atoms with Crippen molar-refractivity contribution >= 4 is 35.0 Å². The first-order valence-corrected chi connectivity index (χ1v) is 12.6. The molecule has 0 saturated carbocycles. The van der Waals surface area contributed by atoms with E-state index >= 15 is 0 Å². The van der Waals surface area contributed by atoms with Gasteiger partial charge in [0.15, 0.2) is 16.8 Å². The fourth-order valence-corrected chi connectivity index (χ4v) is 5.81. The largest absolute Gasteiger partial charge is 0.337 e. The molecule has 2 aromatic heterocycles. The van der Waals surface area contributed by atoms with Crippen LogP contribution in [0.3, 0.4) is 0 Å². The lowest BCUT2D eigenvalue weighted by Crippen LogP contribution is -2.16. The summed E-state index contributed by atoms with van der Waals surface area (Å²) in [6, 6.07) is 21.7. The van der Waals surface area contributed by atoms with Crippen molar-refractivity contribution in [3.63, 3.8) is 0 Å². The number of pyridine rings is 1. The Bertz CT molecular complexity index is 1490. The molecular formula is C26H20N6OS2. The first-order valence-electron chi connectivity index (χ1n) is 10.8. The summed E-state index contributed by atoms with van der Waals surface area (Å²) in [4.78, 5) is 20.4. The number of ketones is 1. The van der Waals surface area contributed by atoms with Gasteiger partial charge in [-0.3, -0.25) is 14.3 Å². The van der Waals surface area contributed by atoms with E-state index in [0.717, 1.165) is 27.4 Å². The minimum absolute atomic E-state index is 0.0637. The average molecular weight is 497 g/mol. The van der Waals surface area contributed by atoms with Gasteiger partial charge in [-0.1, -0.05) is 53.9 Å². The zero-order valence-corrected chi connectivity index (χ0v) is 20.7. The molecule has 0 spiro atoms. The summed E-state index contributed by atoms with van der Waals surface area (Å²) >= 11 is 2.71. The van der Waals surface area contributed by atoms with Crippen molar-refractivity contribution in [2.45, 2.75) is 17.0 Å². The van der Waals surface area contributed by atoms with E-state index in [0.29, 0.717) is 16.0 Å². The number of Topliss-reactive ketones (excluding diaryl/α,β-unsaturated/α-hetero) is 1. The van der Waals surface area contributed by atoms with E-state index in [2.05, 4.69) is 21.3 Å². The maximum absolute atomic E-state index is 13.2. The molecule has 4 aromatic rings. The number of para-hydroxylation sites is 2. The molecule has 0 amide bonds. The number of carbonyl (C=O) groups is 1. The van der Waals surface area contributed by atoms with Gasteiger partial charge in [-0.05, 0) is 42.8 Å². The van der Waals surface area contributed by atoms with Crippen molar-refractivity contribution in [3.05, 3.63) is 89.2 Å². The molecule has 35 heavy (non-hydrogen) atoms. The van der Waals surface area contributed by atoms with Crippen LogP contribution in [0.25, 0.3) is 17.1 Å². The normalized spacial score (nSPS) is 13.9. The minimum atomic E-state index is -0.248. The molecule has 5 rings (SSSR count). The molecule has 3 heterocycles. The highest BCUT2D eigenvalue weighted by Crippen LogP contribution is 2.46. The van der Waals surface area contributed by atoms with Crippen LogP contribution in [-0.2, 0) is 4.79 Å². The summed E-state index contributed by atoms with van der Waals surface area (Å²) in [6.07, 6.45) is 3.45. The SMILES string of the molecule is Cc1ccccc1-n1c(SCC(=O)/C(C#N)=C2\Sc3ccccc3N2C)nnc1-c1cccnc1. The molecule has 0 fully saturated rings. The molecule has 7 nitrogen and oxygen atoms in total. The standard InChI is InChI=1S/C26H20N6OS2/c1-17-8-3-4-10-20(17)32-24(18-9-7-13-28-15-18)29-30-26(32)34-16-22(33)19(14-27)25-31(2)21-11-5-6-12-23(21)35-25/h3-13,15H,16H2,1-2H3/b25-19-. The van der Waals surface area contributed by atoms with Crippen LogP contribution in [0.1, 0.15) is 5.56 Å². The third-order valence-corrected chi connectivity index (χ3v) is 7.75. The van der Waals surface area contributed by atoms with Crippen LogP contribution in [0.2, 0.25) is 0 Å². The van der Waals surface area contributed by atoms with Crippen LogP contribution in [0.5, 0.6) is 0 Å². The Morgan fingerprint density at radius 3 is 2.54 bits per heavy atom. The van der Waals surface area contributed by atoms with Gasteiger partial charge in [0.05, 0.1) is 17.1 Å². The number of anilines is 1. The zero-order valence-electron chi connectivity index (χ0n) is 19.0. The number of aromatic nitrogens is 4.